The molecule has 0 radical (unpaired) electrons. The lowest BCUT2D eigenvalue weighted by molar-refractivity contribution is -0.127. The lowest BCUT2D eigenvalue weighted by atomic mass is 9.89. The molecule has 1 aromatic carbocycles. The van der Waals surface area contributed by atoms with E-state index in [9.17, 15) is 4.79 Å². The Bertz CT molecular complexity index is 583. The number of benzene rings is 1. The van der Waals surface area contributed by atoms with Crippen molar-refractivity contribution in [3.8, 4) is 0 Å². The molecule has 0 bridgehead atoms. The van der Waals surface area contributed by atoms with Gasteiger partial charge in [-0.1, -0.05) is 49.1 Å². The first-order valence-electron chi connectivity index (χ1n) is 9.32. The van der Waals surface area contributed by atoms with Crippen molar-refractivity contribution in [2.75, 3.05) is 27.2 Å². The molecule has 0 atom stereocenters. The van der Waals surface area contributed by atoms with Gasteiger partial charge in [0.05, 0.1) is 13.1 Å². The minimum Gasteiger partial charge on any atom is -0.356 e. The summed E-state index contributed by atoms with van der Waals surface area (Å²) in [4.78, 5) is 18.1. The van der Waals surface area contributed by atoms with E-state index in [0.29, 0.717) is 12.5 Å². The highest BCUT2D eigenvalue weighted by atomic mass is 127. The Labute approximate surface area is 175 Å². The largest absolute Gasteiger partial charge is 0.356 e. The molecule has 0 heterocycles. The molecular formula is C20H33IN4O. The van der Waals surface area contributed by atoms with Crippen LogP contribution in [0.5, 0.6) is 0 Å². The monoisotopic (exact) mass is 472 g/mol. The number of rotatable bonds is 6. The van der Waals surface area contributed by atoms with Crippen LogP contribution in [0.25, 0.3) is 0 Å². The van der Waals surface area contributed by atoms with Crippen LogP contribution in [-0.4, -0.2) is 44.0 Å². The second-order valence-corrected chi connectivity index (χ2v) is 7.18. The van der Waals surface area contributed by atoms with Crippen LogP contribution >= 0.6 is 24.0 Å². The zero-order valence-electron chi connectivity index (χ0n) is 16.3. The van der Waals surface area contributed by atoms with Gasteiger partial charge in [0.2, 0.25) is 5.91 Å². The van der Waals surface area contributed by atoms with Crippen LogP contribution in [0.15, 0.2) is 29.3 Å². The first-order valence-corrected chi connectivity index (χ1v) is 9.32. The van der Waals surface area contributed by atoms with E-state index in [2.05, 4.69) is 46.8 Å². The third-order valence-electron chi connectivity index (χ3n) is 4.69. The fraction of sp³-hybridized carbons (Fsp3) is 0.600. The number of amides is 1. The van der Waals surface area contributed by atoms with Gasteiger partial charge in [0, 0.05) is 20.6 Å². The maximum atomic E-state index is 11.9. The van der Waals surface area contributed by atoms with E-state index < -0.39 is 0 Å². The van der Waals surface area contributed by atoms with E-state index in [1.807, 2.05) is 0 Å². The summed E-state index contributed by atoms with van der Waals surface area (Å²) in [5.74, 6) is 1.48. The number of hydrogen-bond acceptors (Lipinski definition) is 2. The van der Waals surface area contributed by atoms with Gasteiger partial charge in [-0.15, -0.1) is 24.0 Å². The van der Waals surface area contributed by atoms with Crippen LogP contribution in [0.4, 0.5) is 0 Å². The van der Waals surface area contributed by atoms with E-state index in [4.69, 9.17) is 0 Å². The predicted molar refractivity (Wildman–Crippen MR) is 119 cm³/mol. The Morgan fingerprint density at radius 3 is 2.58 bits per heavy atom. The molecule has 5 nitrogen and oxygen atoms in total. The highest BCUT2D eigenvalue weighted by Gasteiger charge is 2.14. The van der Waals surface area contributed by atoms with Crippen molar-refractivity contribution in [3.05, 3.63) is 35.4 Å². The van der Waals surface area contributed by atoms with Gasteiger partial charge in [-0.2, -0.15) is 0 Å². The quantitative estimate of drug-likeness (QED) is 0.380. The summed E-state index contributed by atoms with van der Waals surface area (Å²) in [5, 5.41) is 6.61. The van der Waals surface area contributed by atoms with Gasteiger partial charge in [0.15, 0.2) is 5.96 Å². The number of likely N-dealkylation sites (N-methyl/N-ethyl adjacent to an activating group) is 1. The number of aliphatic imine (C=N–C) groups is 1. The number of guanidine groups is 1. The van der Waals surface area contributed by atoms with Gasteiger partial charge in [0.25, 0.3) is 0 Å². The highest BCUT2D eigenvalue weighted by molar-refractivity contribution is 14.0. The summed E-state index contributed by atoms with van der Waals surface area (Å²) in [7, 11) is 3.53. The topological polar surface area (TPSA) is 56.7 Å². The first kappa shape index (κ1) is 22.7. The van der Waals surface area contributed by atoms with Gasteiger partial charge in [-0.25, -0.2) is 4.99 Å². The number of aryl methyl sites for hydroxylation is 1. The molecule has 1 aromatic rings. The van der Waals surface area contributed by atoms with Crippen molar-refractivity contribution >= 4 is 35.8 Å². The molecule has 0 aromatic heterocycles. The van der Waals surface area contributed by atoms with E-state index in [1.54, 1.807) is 19.0 Å². The molecule has 0 aliphatic heterocycles. The first-order chi connectivity index (χ1) is 12.0. The van der Waals surface area contributed by atoms with E-state index in [0.717, 1.165) is 12.5 Å². The molecule has 1 fully saturated rings. The van der Waals surface area contributed by atoms with Gasteiger partial charge < -0.3 is 15.5 Å². The van der Waals surface area contributed by atoms with Crippen molar-refractivity contribution in [1.82, 2.24) is 15.5 Å². The van der Waals surface area contributed by atoms with Crippen molar-refractivity contribution in [1.29, 1.82) is 0 Å². The Balaban J connectivity index is 0.00000338. The molecule has 1 aliphatic carbocycles. The standard InChI is InChI=1S/C20H32N4O.HI/c1-16-8-7-11-18(12-16)14-22-20(23-15-19(25)24(2)3)21-13-17-9-5-4-6-10-17;/h7-8,11-12,17H,4-6,9-10,13-15H2,1-3H3,(H2,21,22,23);1H. The average molecular weight is 472 g/mol. The van der Waals surface area contributed by atoms with Crippen LogP contribution in [0, 0.1) is 12.8 Å². The predicted octanol–water partition coefficient (Wildman–Crippen LogP) is 3.32. The zero-order chi connectivity index (χ0) is 18.1. The van der Waals surface area contributed by atoms with Gasteiger partial charge in [-0.05, 0) is 31.2 Å². The third kappa shape index (κ3) is 8.38. The Morgan fingerprint density at radius 1 is 1.19 bits per heavy atom. The highest BCUT2D eigenvalue weighted by Crippen LogP contribution is 2.22. The summed E-state index contributed by atoms with van der Waals surface area (Å²) in [6, 6.07) is 8.37. The Kier molecular flexibility index (Phi) is 10.6. The smallest absolute Gasteiger partial charge is 0.241 e. The summed E-state index contributed by atoms with van der Waals surface area (Å²) in [5.41, 5.74) is 2.41. The molecule has 1 saturated carbocycles. The number of carbonyl (C=O) groups excluding carboxylic acids is 1. The maximum Gasteiger partial charge on any atom is 0.241 e. The fourth-order valence-corrected chi connectivity index (χ4v) is 3.10. The zero-order valence-corrected chi connectivity index (χ0v) is 18.6. The second-order valence-electron chi connectivity index (χ2n) is 7.18. The number of nitrogens with one attached hydrogen (secondary N) is 2. The summed E-state index contributed by atoms with van der Waals surface area (Å²) in [6.45, 7) is 3.88. The molecule has 26 heavy (non-hydrogen) atoms. The molecule has 0 spiro atoms. The molecular weight excluding hydrogens is 439 g/mol. The van der Waals surface area contributed by atoms with Crippen LogP contribution in [0.2, 0.25) is 0 Å². The molecule has 0 saturated heterocycles. The van der Waals surface area contributed by atoms with E-state index in [-0.39, 0.29) is 36.4 Å². The molecule has 0 unspecified atom stereocenters. The molecule has 1 amide bonds. The van der Waals surface area contributed by atoms with E-state index in [1.165, 1.54) is 43.2 Å². The second kappa shape index (κ2) is 12.1. The molecule has 6 heteroatoms. The van der Waals surface area contributed by atoms with Crippen molar-refractivity contribution in [2.24, 2.45) is 10.9 Å². The number of carbonyl (C=O) groups is 1. The maximum absolute atomic E-state index is 11.9. The van der Waals surface area contributed by atoms with E-state index >= 15 is 0 Å². The average Bonchev–Trinajstić information content (AvgIpc) is 2.61. The fourth-order valence-electron chi connectivity index (χ4n) is 3.10. The van der Waals surface area contributed by atoms with Crippen LogP contribution in [0.3, 0.4) is 0 Å². The number of nitrogens with zero attached hydrogens (tertiary/aromatic N) is 2. The van der Waals surface area contributed by atoms with Crippen molar-refractivity contribution < 1.29 is 4.79 Å². The number of halogens is 1. The SMILES string of the molecule is Cc1cccc(CN=C(NCC(=O)N(C)C)NCC2CCCCC2)c1.I. The van der Waals surface area contributed by atoms with Crippen LogP contribution < -0.4 is 10.6 Å². The molecule has 2 N–H and O–H groups in total. The molecule has 1 aliphatic rings. The summed E-state index contributed by atoms with van der Waals surface area (Å²) < 4.78 is 0. The third-order valence-corrected chi connectivity index (χ3v) is 4.69. The van der Waals surface area contributed by atoms with Crippen molar-refractivity contribution in [3.63, 3.8) is 0 Å². The molecule has 146 valence electrons. The van der Waals surface area contributed by atoms with Gasteiger partial charge in [0.1, 0.15) is 0 Å². The van der Waals surface area contributed by atoms with Gasteiger partial charge in [-0.3, -0.25) is 4.79 Å². The minimum atomic E-state index is 0. The lowest BCUT2D eigenvalue weighted by Gasteiger charge is -2.23. The van der Waals surface area contributed by atoms with Crippen LogP contribution in [0.1, 0.15) is 43.2 Å². The lowest BCUT2D eigenvalue weighted by Crippen LogP contribution is -2.44. The summed E-state index contributed by atoms with van der Waals surface area (Å²) in [6.07, 6.45) is 6.59. The Morgan fingerprint density at radius 2 is 1.92 bits per heavy atom. The van der Waals surface area contributed by atoms with Gasteiger partial charge >= 0.3 is 0 Å². The number of hydrogen-bond donors (Lipinski definition) is 2. The minimum absolute atomic E-state index is 0. The van der Waals surface area contributed by atoms with Crippen molar-refractivity contribution in [2.45, 2.75) is 45.6 Å². The molecule has 2 rings (SSSR count). The Hall–Kier alpha value is -1.31. The summed E-state index contributed by atoms with van der Waals surface area (Å²) >= 11 is 0. The normalized spacial score (nSPS) is 15.1. The van der Waals surface area contributed by atoms with Crippen LogP contribution in [-0.2, 0) is 11.3 Å².